The van der Waals surface area contributed by atoms with Crippen LogP contribution in [-0.2, 0) is 0 Å². The lowest BCUT2D eigenvalue weighted by Crippen LogP contribution is -2.12. The number of pyridine rings is 2. The predicted molar refractivity (Wildman–Crippen MR) is 82.2 cm³/mol. The van der Waals surface area contributed by atoms with Gasteiger partial charge < -0.3 is 5.32 Å². The highest BCUT2D eigenvalue weighted by Crippen LogP contribution is 2.31. The summed E-state index contributed by atoms with van der Waals surface area (Å²) >= 11 is 3.43. The second kappa shape index (κ2) is 5.45. The Hall–Kier alpha value is -1.16. The van der Waals surface area contributed by atoms with Crippen molar-refractivity contribution in [3.63, 3.8) is 0 Å². The van der Waals surface area contributed by atoms with Crippen molar-refractivity contribution in [1.82, 2.24) is 9.97 Å². The molecule has 0 saturated heterocycles. The highest BCUT2D eigenvalue weighted by molar-refractivity contribution is 9.10. The summed E-state index contributed by atoms with van der Waals surface area (Å²) in [7, 11) is 0. The summed E-state index contributed by atoms with van der Waals surface area (Å²) in [6, 6.07) is 4.02. The molecule has 0 bridgehead atoms. The number of nitrogens with zero attached hydrogens (tertiary/aromatic N) is 2. The summed E-state index contributed by atoms with van der Waals surface area (Å²) in [5.41, 5.74) is 2.98. The SMILES string of the molecule is CC1CCC(CNc2ccnc3cc(Br)cnc23)C1. The van der Waals surface area contributed by atoms with Gasteiger partial charge in [0.1, 0.15) is 5.52 Å². The van der Waals surface area contributed by atoms with E-state index in [2.05, 4.69) is 38.1 Å². The van der Waals surface area contributed by atoms with Gasteiger partial charge in [-0.1, -0.05) is 13.3 Å². The van der Waals surface area contributed by atoms with Crippen molar-refractivity contribution in [3.05, 3.63) is 29.0 Å². The third-order valence-electron chi connectivity index (χ3n) is 3.93. The number of hydrogen-bond acceptors (Lipinski definition) is 3. The van der Waals surface area contributed by atoms with E-state index in [9.17, 15) is 0 Å². The first-order valence-corrected chi connectivity index (χ1v) is 7.66. The van der Waals surface area contributed by atoms with Crippen molar-refractivity contribution in [1.29, 1.82) is 0 Å². The number of nitrogens with one attached hydrogen (secondary N) is 1. The lowest BCUT2D eigenvalue weighted by atomic mass is 10.1. The Labute approximate surface area is 122 Å². The van der Waals surface area contributed by atoms with Crippen LogP contribution < -0.4 is 5.32 Å². The largest absolute Gasteiger partial charge is 0.383 e. The Kier molecular flexibility index (Phi) is 3.69. The third-order valence-corrected chi connectivity index (χ3v) is 4.36. The molecule has 2 aromatic rings. The van der Waals surface area contributed by atoms with Crippen LogP contribution in [0.15, 0.2) is 29.0 Å². The van der Waals surface area contributed by atoms with Crippen LogP contribution in [0.25, 0.3) is 11.0 Å². The zero-order valence-corrected chi connectivity index (χ0v) is 12.7. The summed E-state index contributed by atoms with van der Waals surface area (Å²) in [5, 5.41) is 3.55. The predicted octanol–water partition coefficient (Wildman–Crippen LogP) is 4.24. The Balaban J connectivity index is 1.77. The molecule has 1 aliphatic carbocycles. The quantitative estimate of drug-likeness (QED) is 0.919. The van der Waals surface area contributed by atoms with Gasteiger partial charge in [-0.2, -0.15) is 0 Å². The molecule has 1 N–H and O–H groups in total. The van der Waals surface area contributed by atoms with E-state index in [1.54, 1.807) is 0 Å². The fourth-order valence-electron chi connectivity index (χ4n) is 2.91. The Morgan fingerprint density at radius 1 is 1.37 bits per heavy atom. The molecule has 1 saturated carbocycles. The molecule has 0 radical (unpaired) electrons. The van der Waals surface area contributed by atoms with E-state index in [4.69, 9.17) is 0 Å². The number of halogens is 1. The number of anilines is 1. The molecule has 1 aliphatic rings. The molecule has 19 heavy (non-hydrogen) atoms. The van der Waals surface area contributed by atoms with Crippen LogP contribution in [0, 0.1) is 11.8 Å². The molecule has 3 rings (SSSR count). The molecule has 2 heterocycles. The zero-order valence-electron chi connectivity index (χ0n) is 11.1. The van der Waals surface area contributed by atoms with Crippen molar-refractivity contribution < 1.29 is 0 Å². The van der Waals surface area contributed by atoms with Gasteiger partial charge in [-0.25, -0.2) is 0 Å². The maximum Gasteiger partial charge on any atom is 0.112 e. The molecule has 0 amide bonds. The van der Waals surface area contributed by atoms with Gasteiger partial charge in [0.15, 0.2) is 0 Å². The highest BCUT2D eigenvalue weighted by atomic mass is 79.9. The maximum absolute atomic E-state index is 4.47. The maximum atomic E-state index is 4.47. The van der Waals surface area contributed by atoms with E-state index in [1.807, 2.05) is 24.5 Å². The summed E-state index contributed by atoms with van der Waals surface area (Å²) < 4.78 is 0.967. The highest BCUT2D eigenvalue weighted by Gasteiger charge is 2.21. The van der Waals surface area contributed by atoms with Crippen LogP contribution in [-0.4, -0.2) is 16.5 Å². The van der Waals surface area contributed by atoms with Crippen molar-refractivity contribution in [3.8, 4) is 0 Å². The topological polar surface area (TPSA) is 37.8 Å². The summed E-state index contributed by atoms with van der Waals surface area (Å²) in [4.78, 5) is 8.83. The van der Waals surface area contributed by atoms with Crippen LogP contribution in [0.2, 0.25) is 0 Å². The number of aromatic nitrogens is 2. The van der Waals surface area contributed by atoms with Crippen molar-refractivity contribution in [2.24, 2.45) is 11.8 Å². The molecule has 0 aliphatic heterocycles. The van der Waals surface area contributed by atoms with E-state index >= 15 is 0 Å². The van der Waals surface area contributed by atoms with Gasteiger partial charge in [-0.3, -0.25) is 9.97 Å². The first-order valence-electron chi connectivity index (χ1n) is 6.86. The number of fused-ring (bicyclic) bond motifs is 1. The van der Waals surface area contributed by atoms with Gasteiger partial charge in [0, 0.05) is 23.4 Å². The van der Waals surface area contributed by atoms with Crippen LogP contribution >= 0.6 is 15.9 Å². The monoisotopic (exact) mass is 319 g/mol. The molecular formula is C15H18BrN3. The Morgan fingerprint density at radius 2 is 2.26 bits per heavy atom. The van der Waals surface area contributed by atoms with Crippen molar-refractivity contribution in [2.75, 3.05) is 11.9 Å². The second-order valence-corrected chi connectivity index (χ2v) is 6.46. The first-order chi connectivity index (χ1) is 9.22. The Morgan fingerprint density at radius 3 is 3.05 bits per heavy atom. The lowest BCUT2D eigenvalue weighted by Gasteiger charge is -2.13. The van der Waals surface area contributed by atoms with Crippen molar-refractivity contribution >= 4 is 32.7 Å². The minimum Gasteiger partial charge on any atom is -0.383 e. The fraction of sp³-hybridized carbons (Fsp3) is 0.467. The summed E-state index contributed by atoms with van der Waals surface area (Å²) in [6.45, 7) is 3.39. The van der Waals surface area contributed by atoms with Crippen molar-refractivity contribution in [2.45, 2.75) is 26.2 Å². The smallest absolute Gasteiger partial charge is 0.112 e. The molecule has 2 aromatic heterocycles. The average Bonchev–Trinajstić information content (AvgIpc) is 2.81. The van der Waals surface area contributed by atoms with Gasteiger partial charge >= 0.3 is 0 Å². The van der Waals surface area contributed by atoms with E-state index in [0.717, 1.165) is 39.6 Å². The van der Waals surface area contributed by atoms with E-state index in [-0.39, 0.29) is 0 Å². The van der Waals surface area contributed by atoms with Crippen LogP contribution in [0.5, 0.6) is 0 Å². The van der Waals surface area contributed by atoms with Crippen LogP contribution in [0.3, 0.4) is 0 Å². The van der Waals surface area contributed by atoms with Crippen LogP contribution in [0.1, 0.15) is 26.2 Å². The second-order valence-electron chi connectivity index (χ2n) is 5.54. The molecule has 4 heteroatoms. The molecule has 0 spiro atoms. The molecule has 2 atom stereocenters. The standard InChI is InChI=1S/C15H18BrN3/c1-10-2-3-11(6-10)8-18-13-4-5-17-14-7-12(16)9-19-15(13)14/h4-5,7,9-11H,2-3,6,8H2,1H3,(H,17,18). The molecular weight excluding hydrogens is 302 g/mol. The minimum atomic E-state index is 0.800. The lowest BCUT2D eigenvalue weighted by molar-refractivity contribution is 0.537. The minimum absolute atomic E-state index is 0.800. The van der Waals surface area contributed by atoms with Gasteiger partial charge in [0.2, 0.25) is 0 Å². The molecule has 100 valence electrons. The summed E-state index contributed by atoms with van der Waals surface area (Å²) in [5.74, 6) is 1.68. The molecule has 0 aromatic carbocycles. The third kappa shape index (κ3) is 2.89. The first kappa shape index (κ1) is 12.9. The fourth-order valence-corrected chi connectivity index (χ4v) is 3.23. The van der Waals surface area contributed by atoms with Gasteiger partial charge in [-0.05, 0) is 52.7 Å². The normalized spacial score (nSPS) is 22.8. The Bertz CT molecular complexity index is 585. The molecule has 1 fully saturated rings. The van der Waals surface area contributed by atoms with E-state index < -0.39 is 0 Å². The van der Waals surface area contributed by atoms with Crippen LogP contribution in [0.4, 0.5) is 5.69 Å². The number of hydrogen-bond donors (Lipinski definition) is 1. The van der Waals surface area contributed by atoms with Gasteiger partial charge in [0.25, 0.3) is 0 Å². The zero-order chi connectivity index (χ0) is 13.2. The van der Waals surface area contributed by atoms with E-state index in [1.165, 1.54) is 19.3 Å². The van der Waals surface area contributed by atoms with Gasteiger partial charge in [0.05, 0.1) is 11.2 Å². The number of rotatable bonds is 3. The molecule has 3 nitrogen and oxygen atoms in total. The van der Waals surface area contributed by atoms with Gasteiger partial charge in [-0.15, -0.1) is 0 Å². The average molecular weight is 320 g/mol. The van der Waals surface area contributed by atoms with E-state index in [0.29, 0.717) is 0 Å². The summed E-state index contributed by atoms with van der Waals surface area (Å²) in [6.07, 6.45) is 7.72. The molecule has 2 unspecified atom stereocenters.